The summed E-state index contributed by atoms with van der Waals surface area (Å²) >= 11 is 6.10. The summed E-state index contributed by atoms with van der Waals surface area (Å²) < 4.78 is 8.64. The summed E-state index contributed by atoms with van der Waals surface area (Å²) in [7, 11) is 1.56. The monoisotopic (exact) mass is 433 g/mol. The smallest absolute Gasteiger partial charge is 0.329 e. The van der Waals surface area contributed by atoms with E-state index in [1.807, 2.05) is 0 Å². The lowest BCUT2D eigenvalue weighted by Gasteiger charge is -2.28. The summed E-state index contributed by atoms with van der Waals surface area (Å²) in [4.78, 5) is 33.6. The molecule has 0 aliphatic carbocycles. The number of piperidine rings is 1. The van der Waals surface area contributed by atoms with Gasteiger partial charge in [0.15, 0.2) is 11.2 Å². The fourth-order valence-corrected chi connectivity index (χ4v) is 3.93. The summed E-state index contributed by atoms with van der Waals surface area (Å²) in [6.07, 6.45) is 2.27. The molecule has 1 atom stereocenters. The van der Waals surface area contributed by atoms with Crippen LogP contribution in [0.1, 0.15) is 19.3 Å². The van der Waals surface area contributed by atoms with Gasteiger partial charge in [0, 0.05) is 20.1 Å². The zero-order chi connectivity index (χ0) is 21.3. The Balaban J connectivity index is 1.67. The first-order chi connectivity index (χ1) is 14.5. The van der Waals surface area contributed by atoms with Crippen molar-refractivity contribution in [1.29, 1.82) is 0 Å². The molecule has 1 unspecified atom stereocenters. The molecule has 0 radical (unpaired) electrons. The molecular formula is C20H24ClN5O4. The van der Waals surface area contributed by atoms with Crippen LogP contribution in [0.15, 0.2) is 33.9 Å². The fraction of sp³-hybridized carbons (Fsp3) is 0.450. The molecule has 0 bridgehead atoms. The number of aromatic nitrogens is 4. The molecule has 1 aliphatic heterocycles. The zero-order valence-electron chi connectivity index (χ0n) is 16.7. The van der Waals surface area contributed by atoms with Crippen LogP contribution in [0.5, 0.6) is 5.75 Å². The number of aromatic amines is 1. The summed E-state index contributed by atoms with van der Waals surface area (Å²) in [5.74, 6) is 1.05. The van der Waals surface area contributed by atoms with Gasteiger partial charge >= 0.3 is 5.69 Å². The van der Waals surface area contributed by atoms with E-state index < -0.39 is 17.4 Å². The second kappa shape index (κ2) is 8.53. The van der Waals surface area contributed by atoms with E-state index in [9.17, 15) is 14.7 Å². The first-order valence-corrected chi connectivity index (χ1v) is 10.3. The Morgan fingerprint density at radius 2 is 1.97 bits per heavy atom. The van der Waals surface area contributed by atoms with Crippen LogP contribution in [-0.2, 0) is 13.6 Å². The fourth-order valence-electron chi connectivity index (χ4n) is 3.74. The number of H-pyrrole nitrogens is 1. The van der Waals surface area contributed by atoms with Crippen LogP contribution in [0, 0.1) is 0 Å². The van der Waals surface area contributed by atoms with Crippen LogP contribution in [0.25, 0.3) is 11.2 Å². The Hall–Kier alpha value is -2.78. The minimum Gasteiger partial charge on any atom is -0.489 e. The van der Waals surface area contributed by atoms with Gasteiger partial charge < -0.3 is 19.3 Å². The number of anilines is 1. The Labute approximate surface area is 177 Å². The Morgan fingerprint density at radius 1 is 1.23 bits per heavy atom. The number of nitrogens with zero attached hydrogens (tertiary/aromatic N) is 4. The Kier molecular flexibility index (Phi) is 5.83. The average molecular weight is 434 g/mol. The zero-order valence-corrected chi connectivity index (χ0v) is 17.4. The highest BCUT2D eigenvalue weighted by Gasteiger charge is 2.24. The normalized spacial score (nSPS) is 15.5. The average Bonchev–Trinajstić information content (AvgIpc) is 3.12. The van der Waals surface area contributed by atoms with Crippen molar-refractivity contribution in [1.82, 2.24) is 19.1 Å². The van der Waals surface area contributed by atoms with E-state index in [0.717, 1.165) is 32.4 Å². The predicted octanol–water partition coefficient (Wildman–Crippen LogP) is 1.51. The molecule has 3 aromatic rings. The van der Waals surface area contributed by atoms with E-state index in [-0.39, 0.29) is 18.7 Å². The molecule has 1 aliphatic rings. The third-order valence-electron chi connectivity index (χ3n) is 5.29. The highest BCUT2D eigenvalue weighted by atomic mass is 35.5. The molecule has 0 saturated carbocycles. The summed E-state index contributed by atoms with van der Waals surface area (Å²) in [6.45, 7) is 1.70. The van der Waals surface area contributed by atoms with E-state index in [1.54, 1.807) is 35.9 Å². The van der Waals surface area contributed by atoms with Gasteiger partial charge in [-0.2, -0.15) is 4.98 Å². The van der Waals surface area contributed by atoms with Crippen LogP contribution in [0.4, 0.5) is 5.95 Å². The maximum absolute atomic E-state index is 12.6. The number of aliphatic hydroxyl groups is 1. The van der Waals surface area contributed by atoms with Gasteiger partial charge in [0.2, 0.25) is 5.95 Å². The molecule has 2 aromatic heterocycles. The van der Waals surface area contributed by atoms with Crippen molar-refractivity contribution in [3.63, 3.8) is 0 Å². The minimum atomic E-state index is -0.918. The maximum atomic E-state index is 12.6. The molecule has 0 amide bonds. The van der Waals surface area contributed by atoms with Crippen LogP contribution in [-0.4, -0.2) is 50.0 Å². The lowest BCUT2D eigenvalue weighted by molar-refractivity contribution is 0.0936. The van der Waals surface area contributed by atoms with Gasteiger partial charge in [-0.1, -0.05) is 23.7 Å². The number of benzene rings is 1. The summed E-state index contributed by atoms with van der Waals surface area (Å²) in [6, 6.07) is 7.03. The standard InChI is InChI=1S/C20H24ClN5O4/c1-24-17-16(18(28)23-20(24)29)26(19(22-17)25-9-5-2-6-10-25)11-13(27)12-30-15-8-4-3-7-14(15)21/h3-4,7-8,13,27H,2,5-6,9-12H2,1H3,(H,23,28,29). The lowest BCUT2D eigenvalue weighted by atomic mass is 10.1. The SMILES string of the molecule is Cn1c(=O)[nH]c(=O)c2c1nc(N1CCCCC1)n2CC(O)COc1ccccc1Cl. The predicted molar refractivity (Wildman–Crippen MR) is 115 cm³/mol. The van der Waals surface area contributed by atoms with E-state index in [2.05, 4.69) is 14.9 Å². The number of aliphatic hydroxyl groups excluding tert-OH is 1. The number of hydrogen-bond donors (Lipinski definition) is 2. The molecule has 2 N–H and O–H groups in total. The topological polar surface area (TPSA) is 105 Å². The van der Waals surface area contributed by atoms with Crippen LogP contribution in [0.3, 0.4) is 0 Å². The number of aryl methyl sites for hydroxylation is 1. The van der Waals surface area contributed by atoms with Crippen molar-refractivity contribution in [2.24, 2.45) is 7.05 Å². The van der Waals surface area contributed by atoms with Gasteiger partial charge in [-0.05, 0) is 31.4 Å². The number of halogens is 1. The number of fused-ring (bicyclic) bond motifs is 1. The lowest BCUT2D eigenvalue weighted by Crippen LogP contribution is -2.34. The van der Waals surface area contributed by atoms with Crippen LogP contribution < -0.4 is 20.9 Å². The van der Waals surface area contributed by atoms with Crippen molar-refractivity contribution >= 4 is 28.7 Å². The largest absolute Gasteiger partial charge is 0.489 e. The summed E-state index contributed by atoms with van der Waals surface area (Å²) in [5, 5.41) is 11.1. The molecule has 9 nitrogen and oxygen atoms in total. The van der Waals surface area contributed by atoms with Crippen LogP contribution in [0.2, 0.25) is 5.02 Å². The van der Waals surface area contributed by atoms with E-state index in [0.29, 0.717) is 22.4 Å². The number of hydrogen-bond acceptors (Lipinski definition) is 6. The van der Waals surface area contributed by atoms with Crippen molar-refractivity contribution < 1.29 is 9.84 Å². The third kappa shape index (κ3) is 3.95. The number of para-hydroxylation sites is 1. The minimum absolute atomic E-state index is 0.00743. The summed E-state index contributed by atoms with van der Waals surface area (Å²) in [5.41, 5.74) is -0.494. The third-order valence-corrected chi connectivity index (χ3v) is 5.60. The van der Waals surface area contributed by atoms with Crippen molar-refractivity contribution in [2.75, 3.05) is 24.6 Å². The van der Waals surface area contributed by atoms with Crippen molar-refractivity contribution in [2.45, 2.75) is 31.9 Å². The number of ether oxygens (including phenoxy) is 1. The number of rotatable bonds is 6. The van der Waals surface area contributed by atoms with Crippen LogP contribution >= 0.6 is 11.6 Å². The maximum Gasteiger partial charge on any atom is 0.329 e. The second-order valence-electron chi connectivity index (χ2n) is 7.46. The van der Waals surface area contributed by atoms with Gasteiger partial charge in [0.25, 0.3) is 5.56 Å². The van der Waals surface area contributed by atoms with Gasteiger partial charge in [-0.15, -0.1) is 0 Å². The first-order valence-electron chi connectivity index (χ1n) is 9.95. The molecule has 1 aromatic carbocycles. The molecular weight excluding hydrogens is 410 g/mol. The van der Waals surface area contributed by atoms with Gasteiger partial charge in [0.05, 0.1) is 11.6 Å². The molecule has 1 saturated heterocycles. The Bertz CT molecular complexity index is 1160. The highest BCUT2D eigenvalue weighted by molar-refractivity contribution is 6.32. The molecule has 10 heteroatoms. The van der Waals surface area contributed by atoms with E-state index in [4.69, 9.17) is 16.3 Å². The quantitative estimate of drug-likeness (QED) is 0.610. The molecule has 0 spiro atoms. The number of imidazole rings is 1. The van der Waals surface area contributed by atoms with Gasteiger partial charge in [-0.3, -0.25) is 14.3 Å². The van der Waals surface area contributed by atoms with Crippen molar-refractivity contribution in [3.05, 3.63) is 50.1 Å². The molecule has 4 rings (SSSR count). The van der Waals surface area contributed by atoms with Crippen molar-refractivity contribution in [3.8, 4) is 5.75 Å². The van der Waals surface area contributed by atoms with E-state index in [1.165, 1.54) is 4.57 Å². The highest BCUT2D eigenvalue weighted by Crippen LogP contribution is 2.25. The molecule has 30 heavy (non-hydrogen) atoms. The molecule has 3 heterocycles. The number of nitrogens with one attached hydrogen (secondary N) is 1. The van der Waals surface area contributed by atoms with E-state index >= 15 is 0 Å². The molecule has 160 valence electrons. The van der Waals surface area contributed by atoms with Gasteiger partial charge in [-0.25, -0.2) is 4.79 Å². The molecule has 1 fully saturated rings. The second-order valence-corrected chi connectivity index (χ2v) is 7.86. The van der Waals surface area contributed by atoms with Gasteiger partial charge in [0.1, 0.15) is 18.5 Å². The Morgan fingerprint density at radius 3 is 2.70 bits per heavy atom. The first kappa shape index (κ1) is 20.5.